The maximum Gasteiger partial charge on any atom is 0.342 e. The molecule has 0 bridgehead atoms. The summed E-state index contributed by atoms with van der Waals surface area (Å²) >= 11 is 0. The number of carboxylic acid groups (broad SMARTS) is 1. The highest BCUT2D eigenvalue weighted by Crippen LogP contribution is 2.27. The van der Waals surface area contributed by atoms with Crippen molar-refractivity contribution in [3.8, 4) is 11.5 Å². The average molecular weight is 291 g/mol. The first-order chi connectivity index (χ1) is 9.88. The fraction of sp³-hybridized carbons (Fsp3) is 0.231. The second-order valence-corrected chi connectivity index (χ2v) is 4.59. The van der Waals surface area contributed by atoms with Crippen LogP contribution in [0.5, 0.6) is 11.5 Å². The molecule has 0 fully saturated rings. The van der Waals surface area contributed by atoms with E-state index in [2.05, 4.69) is 5.10 Å². The van der Waals surface area contributed by atoms with Gasteiger partial charge in [-0.1, -0.05) is 0 Å². The number of aromatic carboxylic acids is 1. The van der Waals surface area contributed by atoms with Gasteiger partial charge in [0.2, 0.25) is 0 Å². The first-order valence-corrected chi connectivity index (χ1v) is 6.12. The summed E-state index contributed by atoms with van der Waals surface area (Å²) in [6.07, 6.45) is 3.15. The molecule has 0 aliphatic heterocycles. The van der Waals surface area contributed by atoms with Gasteiger partial charge in [-0.2, -0.15) is 5.10 Å². The van der Waals surface area contributed by atoms with Gasteiger partial charge in [-0.25, -0.2) is 4.79 Å². The molecule has 2 rings (SSSR count). The molecule has 21 heavy (non-hydrogen) atoms. The molecule has 2 aromatic rings. The number of ether oxygens (including phenoxy) is 1. The lowest BCUT2D eigenvalue weighted by atomic mass is 10.1. The molecule has 1 aromatic heterocycles. The van der Waals surface area contributed by atoms with Crippen LogP contribution in [0.4, 0.5) is 5.69 Å². The predicted octanol–water partition coefficient (Wildman–Crippen LogP) is 2.86. The van der Waals surface area contributed by atoms with Gasteiger partial charge in [0, 0.05) is 18.2 Å². The average Bonchev–Trinajstić information content (AvgIpc) is 2.87. The van der Waals surface area contributed by atoms with Crippen molar-refractivity contribution in [3.63, 3.8) is 0 Å². The topological polar surface area (TPSA) is 107 Å². The summed E-state index contributed by atoms with van der Waals surface area (Å²) in [5, 5.41) is 23.8. The van der Waals surface area contributed by atoms with Gasteiger partial charge in [0.15, 0.2) is 5.75 Å². The quantitative estimate of drug-likeness (QED) is 0.670. The van der Waals surface area contributed by atoms with Gasteiger partial charge in [-0.15, -0.1) is 0 Å². The van der Waals surface area contributed by atoms with Gasteiger partial charge in [0.25, 0.3) is 5.69 Å². The molecule has 0 spiro atoms. The van der Waals surface area contributed by atoms with Crippen molar-refractivity contribution >= 4 is 11.7 Å². The maximum absolute atomic E-state index is 11.0. The van der Waals surface area contributed by atoms with E-state index in [4.69, 9.17) is 9.84 Å². The molecule has 0 radical (unpaired) electrons. The minimum absolute atomic E-state index is 0.161. The van der Waals surface area contributed by atoms with E-state index in [0.717, 1.165) is 12.1 Å². The number of aromatic nitrogens is 2. The molecule has 110 valence electrons. The fourth-order valence-corrected chi connectivity index (χ4v) is 1.70. The van der Waals surface area contributed by atoms with Crippen LogP contribution in [0.2, 0.25) is 0 Å². The number of carbonyl (C=O) groups is 1. The van der Waals surface area contributed by atoms with E-state index in [1.54, 1.807) is 10.9 Å². The summed E-state index contributed by atoms with van der Waals surface area (Å²) in [6.45, 7) is 3.90. The van der Waals surface area contributed by atoms with Crippen LogP contribution in [0.15, 0.2) is 30.6 Å². The first-order valence-electron chi connectivity index (χ1n) is 6.12. The lowest BCUT2D eigenvalue weighted by molar-refractivity contribution is -0.385. The van der Waals surface area contributed by atoms with E-state index in [1.807, 2.05) is 13.8 Å². The van der Waals surface area contributed by atoms with Crippen LogP contribution in [-0.2, 0) is 0 Å². The molecule has 8 heteroatoms. The summed E-state index contributed by atoms with van der Waals surface area (Å²) in [5.41, 5.74) is -0.901. The third-order valence-electron chi connectivity index (χ3n) is 2.74. The van der Waals surface area contributed by atoms with Crippen molar-refractivity contribution in [2.75, 3.05) is 0 Å². The summed E-state index contributed by atoms with van der Waals surface area (Å²) in [5.74, 6) is -0.764. The number of rotatable bonds is 5. The van der Waals surface area contributed by atoms with Crippen molar-refractivity contribution in [2.24, 2.45) is 0 Å². The third-order valence-corrected chi connectivity index (χ3v) is 2.74. The number of benzene rings is 1. The van der Waals surface area contributed by atoms with Crippen molar-refractivity contribution in [2.45, 2.75) is 19.9 Å². The first kappa shape index (κ1) is 14.5. The minimum atomic E-state index is -1.38. The Morgan fingerprint density at radius 2 is 2.14 bits per heavy atom. The lowest BCUT2D eigenvalue weighted by Crippen LogP contribution is -2.02. The normalized spacial score (nSPS) is 10.6. The highest BCUT2D eigenvalue weighted by atomic mass is 16.6. The van der Waals surface area contributed by atoms with Gasteiger partial charge in [0.1, 0.15) is 11.3 Å². The number of hydrogen-bond donors (Lipinski definition) is 1. The van der Waals surface area contributed by atoms with E-state index in [0.29, 0.717) is 5.75 Å². The second kappa shape index (κ2) is 5.61. The van der Waals surface area contributed by atoms with Crippen LogP contribution in [0, 0.1) is 10.1 Å². The molecule has 0 aliphatic rings. The molecular formula is C13H13N3O5. The Balaban J connectivity index is 2.30. The molecule has 0 unspecified atom stereocenters. The van der Waals surface area contributed by atoms with Gasteiger partial charge < -0.3 is 9.84 Å². The SMILES string of the molecule is CC(C)n1cc(Oc2ccc([N+](=O)[O-])c(C(=O)O)c2)cn1. The molecule has 8 nitrogen and oxygen atoms in total. The monoisotopic (exact) mass is 291 g/mol. The Hall–Kier alpha value is -2.90. The number of nitro benzene ring substituents is 1. The molecular weight excluding hydrogens is 278 g/mol. The van der Waals surface area contributed by atoms with Crippen LogP contribution >= 0.6 is 0 Å². The second-order valence-electron chi connectivity index (χ2n) is 4.59. The van der Waals surface area contributed by atoms with Crippen LogP contribution < -0.4 is 4.74 Å². The summed E-state index contributed by atoms with van der Waals surface area (Å²) in [6, 6.07) is 3.73. The Kier molecular flexibility index (Phi) is 3.88. The van der Waals surface area contributed by atoms with E-state index >= 15 is 0 Å². The molecule has 1 heterocycles. The molecule has 1 N–H and O–H groups in total. The Labute approximate surface area is 119 Å². The number of carboxylic acids is 1. The van der Waals surface area contributed by atoms with Gasteiger partial charge in [0.05, 0.1) is 17.3 Å². The van der Waals surface area contributed by atoms with Gasteiger partial charge >= 0.3 is 5.97 Å². The summed E-state index contributed by atoms with van der Waals surface area (Å²) < 4.78 is 7.14. The van der Waals surface area contributed by atoms with Crippen LogP contribution in [0.1, 0.15) is 30.2 Å². The van der Waals surface area contributed by atoms with Crippen LogP contribution in [0.25, 0.3) is 0 Å². The van der Waals surface area contributed by atoms with Gasteiger partial charge in [-0.05, 0) is 19.9 Å². The Morgan fingerprint density at radius 1 is 1.43 bits per heavy atom. The lowest BCUT2D eigenvalue weighted by Gasteiger charge is -2.05. The highest BCUT2D eigenvalue weighted by Gasteiger charge is 2.20. The molecule has 1 aromatic carbocycles. The molecule has 0 saturated carbocycles. The number of hydrogen-bond acceptors (Lipinski definition) is 5. The molecule has 0 saturated heterocycles. The Bertz CT molecular complexity index is 693. The van der Waals surface area contributed by atoms with Gasteiger partial charge in [-0.3, -0.25) is 14.8 Å². The largest absolute Gasteiger partial charge is 0.477 e. The van der Waals surface area contributed by atoms with Crippen LogP contribution in [-0.4, -0.2) is 25.8 Å². The smallest absolute Gasteiger partial charge is 0.342 e. The van der Waals surface area contributed by atoms with E-state index in [9.17, 15) is 14.9 Å². The van der Waals surface area contributed by atoms with Crippen molar-refractivity contribution in [3.05, 3.63) is 46.3 Å². The highest BCUT2D eigenvalue weighted by molar-refractivity contribution is 5.92. The van der Waals surface area contributed by atoms with Crippen molar-refractivity contribution in [1.82, 2.24) is 9.78 Å². The van der Waals surface area contributed by atoms with E-state index in [1.165, 1.54) is 12.3 Å². The summed E-state index contributed by atoms with van der Waals surface area (Å²) in [4.78, 5) is 21.1. The standard InChI is InChI=1S/C13H13N3O5/c1-8(2)15-7-10(6-14-15)21-9-3-4-12(16(19)20)11(5-9)13(17)18/h3-8H,1-2H3,(H,17,18). The van der Waals surface area contributed by atoms with Crippen molar-refractivity contribution in [1.29, 1.82) is 0 Å². The maximum atomic E-state index is 11.0. The third kappa shape index (κ3) is 3.16. The zero-order valence-electron chi connectivity index (χ0n) is 11.4. The number of nitro groups is 1. The molecule has 0 atom stereocenters. The fourth-order valence-electron chi connectivity index (χ4n) is 1.70. The zero-order chi connectivity index (χ0) is 15.6. The molecule has 0 aliphatic carbocycles. The predicted molar refractivity (Wildman–Crippen MR) is 72.7 cm³/mol. The zero-order valence-corrected chi connectivity index (χ0v) is 11.4. The van der Waals surface area contributed by atoms with E-state index in [-0.39, 0.29) is 11.8 Å². The minimum Gasteiger partial charge on any atom is -0.477 e. The van der Waals surface area contributed by atoms with Crippen LogP contribution in [0.3, 0.4) is 0 Å². The summed E-state index contributed by atoms with van der Waals surface area (Å²) in [7, 11) is 0. The van der Waals surface area contributed by atoms with E-state index < -0.39 is 22.1 Å². The molecule has 0 amide bonds. The van der Waals surface area contributed by atoms with Crippen molar-refractivity contribution < 1.29 is 19.6 Å². The Morgan fingerprint density at radius 3 is 2.67 bits per heavy atom. The number of nitrogens with zero attached hydrogens (tertiary/aromatic N) is 3.